The molecule has 0 unspecified atom stereocenters. The van der Waals surface area contributed by atoms with Gasteiger partial charge in [-0.1, -0.05) is 30.5 Å². The van der Waals surface area contributed by atoms with Gasteiger partial charge in [-0.05, 0) is 30.9 Å². The maximum atomic E-state index is 14.4. The Labute approximate surface area is 137 Å². The molecule has 118 valence electrons. The second-order valence-corrected chi connectivity index (χ2v) is 6.45. The van der Waals surface area contributed by atoms with E-state index in [9.17, 15) is 4.39 Å². The molecule has 2 aliphatic rings. The highest BCUT2D eigenvalue weighted by Gasteiger charge is 2.33. The second-order valence-electron chi connectivity index (χ2n) is 6.07. The first-order valence-electron chi connectivity index (χ1n) is 7.56. The predicted octanol–water partition coefficient (Wildman–Crippen LogP) is 3.96. The van der Waals surface area contributed by atoms with Gasteiger partial charge in [0.05, 0.1) is 5.02 Å². The van der Waals surface area contributed by atoms with Crippen molar-refractivity contribution in [2.24, 2.45) is 5.92 Å². The third kappa shape index (κ3) is 3.89. The zero-order chi connectivity index (χ0) is 14.1. The highest BCUT2D eigenvalue weighted by Crippen LogP contribution is 2.43. The summed E-state index contributed by atoms with van der Waals surface area (Å²) in [5.41, 5.74) is 1.69. The molecular weight excluding hydrogens is 310 g/mol. The number of piperazine rings is 1. The first kappa shape index (κ1) is 17.0. The van der Waals surface area contributed by atoms with Crippen molar-refractivity contribution in [3.8, 4) is 0 Å². The highest BCUT2D eigenvalue weighted by atomic mass is 35.5. The van der Waals surface area contributed by atoms with Crippen LogP contribution in [0.1, 0.15) is 36.4 Å². The van der Waals surface area contributed by atoms with Crippen LogP contribution in [0, 0.1) is 18.7 Å². The van der Waals surface area contributed by atoms with Gasteiger partial charge in [-0.15, -0.1) is 12.4 Å². The van der Waals surface area contributed by atoms with Crippen LogP contribution in [0.15, 0.2) is 12.1 Å². The normalized spacial score (nSPS) is 20.9. The van der Waals surface area contributed by atoms with Crippen LogP contribution in [-0.4, -0.2) is 31.1 Å². The van der Waals surface area contributed by atoms with Gasteiger partial charge < -0.3 is 5.32 Å². The molecule has 0 bridgehead atoms. The fourth-order valence-electron chi connectivity index (χ4n) is 3.10. The first-order chi connectivity index (χ1) is 9.66. The topological polar surface area (TPSA) is 15.3 Å². The minimum absolute atomic E-state index is 0. The molecule has 1 saturated heterocycles. The molecule has 0 spiro atoms. The van der Waals surface area contributed by atoms with Crippen molar-refractivity contribution in [3.63, 3.8) is 0 Å². The number of nitrogens with one attached hydrogen (secondary N) is 1. The van der Waals surface area contributed by atoms with Gasteiger partial charge in [0.1, 0.15) is 5.82 Å². The lowest BCUT2D eigenvalue weighted by Crippen LogP contribution is -2.45. The minimum Gasteiger partial charge on any atom is -0.314 e. The standard InChI is InChI=1S/C16H22ClFN2.ClH/c1-11-2-5-13(18)15(16(11)17)14(10-12-3-4-12)20-8-6-19-7-9-20;/h2,5,12,14,19H,3-4,6-10H2,1H3;1H/t14-;/m1./s1. The molecule has 1 aromatic carbocycles. The van der Waals surface area contributed by atoms with Gasteiger partial charge in [0.25, 0.3) is 0 Å². The highest BCUT2D eigenvalue weighted by molar-refractivity contribution is 6.32. The fraction of sp³-hybridized carbons (Fsp3) is 0.625. The number of benzene rings is 1. The summed E-state index contributed by atoms with van der Waals surface area (Å²) in [5, 5.41) is 3.98. The lowest BCUT2D eigenvalue weighted by molar-refractivity contribution is 0.157. The van der Waals surface area contributed by atoms with Gasteiger partial charge in [0.15, 0.2) is 0 Å². The van der Waals surface area contributed by atoms with Gasteiger partial charge in [-0.2, -0.15) is 0 Å². The Morgan fingerprint density at radius 2 is 2.00 bits per heavy atom. The van der Waals surface area contributed by atoms with E-state index in [-0.39, 0.29) is 24.3 Å². The molecule has 0 aromatic heterocycles. The van der Waals surface area contributed by atoms with Crippen LogP contribution >= 0.6 is 24.0 Å². The lowest BCUT2D eigenvalue weighted by Gasteiger charge is -2.36. The van der Waals surface area contributed by atoms with Crippen molar-refractivity contribution >= 4 is 24.0 Å². The lowest BCUT2D eigenvalue weighted by atomic mass is 9.96. The van der Waals surface area contributed by atoms with E-state index in [1.54, 1.807) is 12.1 Å². The number of nitrogens with zero attached hydrogens (tertiary/aromatic N) is 1. The molecule has 3 rings (SSSR count). The summed E-state index contributed by atoms with van der Waals surface area (Å²) < 4.78 is 14.4. The van der Waals surface area contributed by atoms with Crippen LogP contribution in [0.4, 0.5) is 4.39 Å². The number of aryl methyl sites for hydroxylation is 1. The molecule has 2 fully saturated rings. The number of rotatable bonds is 4. The Kier molecular flexibility index (Phi) is 5.89. The molecule has 0 radical (unpaired) electrons. The summed E-state index contributed by atoms with van der Waals surface area (Å²) in [4.78, 5) is 2.40. The smallest absolute Gasteiger partial charge is 0.129 e. The van der Waals surface area contributed by atoms with Crippen LogP contribution in [0.5, 0.6) is 0 Å². The Morgan fingerprint density at radius 1 is 1.33 bits per heavy atom. The van der Waals surface area contributed by atoms with Crippen molar-refractivity contribution in [2.45, 2.75) is 32.2 Å². The predicted molar refractivity (Wildman–Crippen MR) is 87.9 cm³/mol. The Bertz CT molecular complexity index is 485. The summed E-state index contributed by atoms with van der Waals surface area (Å²) in [5.74, 6) is 0.607. The van der Waals surface area contributed by atoms with E-state index in [0.717, 1.165) is 49.6 Å². The molecule has 2 nitrogen and oxygen atoms in total. The molecule has 21 heavy (non-hydrogen) atoms. The average molecular weight is 333 g/mol. The third-order valence-electron chi connectivity index (χ3n) is 4.50. The summed E-state index contributed by atoms with van der Waals surface area (Å²) in [6.45, 7) is 5.86. The van der Waals surface area contributed by atoms with Gasteiger partial charge in [-0.3, -0.25) is 4.90 Å². The largest absolute Gasteiger partial charge is 0.314 e. The molecule has 1 heterocycles. The average Bonchev–Trinajstić information content (AvgIpc) is 3.27. The molecule has 1 aliphatic heterocycles. The van der Waals surface area contributed by atoms with Crippen LogP contribution < -0.4 is 5.32 Å². The van der Waals surface area contributed by atoms with E-state index in [1.807, 2.05) is 6.92 Å². The molecule has 1 aliphatic carbocycles. The van der Waals surface area contributed by atoms with E-state index in [1.165, 1.54) is 12.8 Å². The van der Waals surface area contributed by atoms with E-state index < -0.39 is 0 Å². The summed E-state index contributed by atoms with van der Waals surface area (Å²) in [7, 11) is 0. The van der Waals surface area contributed by atoms with Crippen molar-refractivity contribution in [1.82, 2.24) is 10.2 Å². The Morgan fingerprint density at radius 3 is 2.62 bits per heavy atom. The van der Waals surface area contributed by atoms with E-state index >= 15 is 0 Å². The van der Waals surface area contributed by atoms with Crippen molar-refractivity contribution in [2.75, 3.05) is 26.2 Å². The van der Waals surface area contributed by atoms with Gasteiger partial charge in [0, 0.05) is 37.8 Å². The maximum Gasteiger partial charge on any atom is 0.129 e. The molecule has 1 saturated carbocycles. The maximum absolute atomic E-state index is 14.4. The van der Waals surface area contributed by atoms with Gasteiger partial charge in [-0.25, -0.2) is 4.39 Å². The molecular formula is C16H23Cl2FN2. The second kappa shape index (κ2) is 7.28. The fourth-order valence-corrected chi connectivity index (χ4v) is 3.38. The zero-order valence-corrected chi connectivity index (χ0v) is 13.9. The van der Waals surface area contributed by atoms with E-state index in [4.69, 9.17) is 11.6 Å². The number of hydrogen-bond acceptors (Lipinski definition) is 2. The summed E-state index contributed by atoms with van der Waals surface area (Å²) >= 11 is 6.43. The molecule has 1 aromatic rings. The van der Waals surface area contributed by atoms with Gasteiger partial charge >= 0.3 is 0 Å². The zero-order valence-electron chi connectivity index (χ0n) is 12.4. The van der Waals surface area contributed by atoms with Crippen molar-refractivity contribution < 1.29 is 4.39 Å². The summed E-state index contributed by atoms with van der Waals surface area (Å²) in [6.07, 6.45) is 3.61. The monoisotopic (exact) mass is 332 g/mol. The first-order valence-corrected chi connectivity index (χ1v) is 7.94. The van der Waals surface area contributed by atoms with E-state index in [2.05, 4.69) is 10.2 Å². The van der Waals surface area contributed by atoms with Crippen LogP contribution in [0.3, 0.4) is 0 Å². The SMILES string of the molecule is Cc1ccc(F)c([C@@H](CC2CC2)N2CCNCC2)c1Cl.Cl. The van der Waals surface area contributed by atoms with E-state index in [0.29, 0.717) is 5.02 Å². The number of halogens is 3. The van der Waals surface area contributed by atoms with Crippen molar-refractivity contribution in [1.29, 1.82) is 0 Å². The molecule has 1 N–H and O–H groups in total. The molecule has 1 atom stereocenters. The Hall–Kier alpha value is -0.350. The van der Waals surface area contributed by atoms with Crippen LogP contribution in [0.25, 0.3) is 0 Å². The van der Waals surface area contributed by atoms with Crippen LogP contribution in [-0.2, 0) is 0 Å². The summed E-state index contributed by atoms with van der Waals surface area (Å²) in [6, 6.07) is 3.48. The van der Waals surface area contributed by atoms with Gasteiger partial charge in [0.2, 0.25) is 0 Å². The minimum atomic E-state index is -0.148. The molecule has 5 heteroatoms. The van der Waals surface area contributed by atoms with Crippen LogP contribution in [0.2, 0.25) is 5.02 Å². The van der Waals surface area contributed by atoms with Crippen molar-refractivity contribution in [3.05, 3.63) is 34.1 Å². The quantitative estimate of drug-likeness (QED) is 0.897. The third-order valence-corrected chi connectivity index (χ3v) is 5.00. The number of hydrogen-bond donors (Lipinski definition) is 1. The Balaban J connectivity index is 0.00000161. The molecule has 0 amide bonds.